The van der Waals surface area contributed by atoms with Gasteiger partial charge in [0, 0.05) is 47.7 Å². The maximum Gasteiger partial charge on any atom is 0.252 e. The monoisotopic (exact) mass is 418 g/mol. The Bertz CT molecular complexity index is 965. The lowest BCUT2D eigenvalue weighted by Gasteiger charge is -2.21. The highest BCUT2D eigenvalue weighted by atomic mass is 35.5. The lowest BCUT2D eigenvalue weighted by Crippen LogP contribution is -2.43. The summed E-state index contributed by atoms with van der Waals surface area (Å²) in [6.07, 6.45) is 4.16. The van der Waals surface area contributed by atoms with Crippen molar-refractivity contribution in [3.63, 3.8) is 0 Å². The van der Waals surface area contributed by atoms with E-state index in [0.717, 1.165) is 16.8 Å². The van der Waals surface area contributed by atoms with Crippen molar-refractivity contribution in [1.82, 2.24) is 15.1 Å². The minimum atomic E-state index is -0.315. The van der Waals surface area contributed by atoms with Gasteiger partial charge in [0.05, 0.1) is 11.3 Å². The summed E-state index contributed by atoms with van der Waals surface area (Å²) in [6.45, 7) is 0.243. The van der Waals surface area contributed by atoms with Crippen molar-refractivity contribution < 1.29 is 9.18 Å². The number of hydrogen-bond donors (Lipinski definition) is 2. The van der Waals surface area contributed by atoms with Crippen LogP contribution in [0, 0.1) is 5.82 Å². The second-order valence-electron chi connectivity index (χ2n) is 6.56. The van der Waals surface area contributed by atoms with Crippen LogP contribution in [0.4, 0.5) is 4.39 Å². The number of aryl methyl sites for hydroxylation is 1. The van der Waals surface area contributed by atoms with Crippen molar-refractivity contribution in [3.05, 3.63) is 70.3 Å². The Morgan fingerprint density at radius 2 is 2.11 bits per heavy atom. The third-order valence-corrected chi connectivity index (χ3v) is 5.29. The first-order valence-electron chi connectivity index (χ1n) is 8.76. The number of allylic oxidation sites excluding steroid dienone is 3. The summed E-state index contributed by atoms with van der Waals surface area (Å²) in [6, 6.07) is 7.67. The van der Waals surface area contributed by atoms with Gasteiger partial charge in [0.1, 0.15) is 5.82 Å². The SMILES string of the molecule is Cn1nccc1C1=C(Cl)C=C(C(=O)N[C@H](CN)Cc2ccc(F)cc2)C(=S)C1. The molecule has 0 aliphatic heterocycles. The van der Waals surface area contributed by atoms with Crippen LogP contribution in [0.25, 0.3) is 5.57 Å². The van der Waals surface area contributed by atoms with Gasteiger partial charge in [-0.2, -0.15) is 5.10 Å². The molecule has 1 amide bonds. The normalized spacial score (nSPS) is 15.4. The standard InChI is InChI=1S/C20H20ClFN4OS/c1-26-18(6-7-24-26)15-10-19(28)16(9-17(15)21)20(27)25-14(11-23)8-12-2-4-13(22)5-3-12/h2-7,9,14H,8,10-11,23H2,1H3,(H,25,27)/t14-/m0/s1. The van der Waals surface area contributed by atoms with Crippen molar-refractivity contribution in [1.29, 1.82) is 0 Å². The first kappa shape index (κ1) is 20.4. The van der Waals surface area contributed by atoms with E-state index in [1.807, 2.05) is 13.1 Å². The summed E-state index contributed by atoms with van der Waals surface area (Å²) in [7, 11) is 1.82. The van der Waals surface area contributed by atoms with E-state index >= 15 is 0 Å². The van der Waals surface area contributed by atoms with Crippen LogP contribution in [0.1, 0.15) is 17.7 Å². The Kier molecular flexibility index (Phi) is 6.39. The van der Waals surface area contributed by atoms with Crippen LogP contribution in [0.3, 0.4) is 0 Å². The van der Waals surface area contributed by atoms with Crippen LogP contribution in [0.5, 0.6) is 0 Å². The lowest BCUT2D eigenvalue weighted by molar-refractivity contribution is -0.117. The molecule has 0 saturated heterocycles. The summed E-state index contributed by atoms with van der Waals surface area (Å²) in [4.78, 5) is 13.3. The van der Waals surface area contributed by atoms with Gasteiger partial charge >= 0.3 is 0 Å². The molecule has 2 aromatic rings. The van der Waals surface area contributed by atoms with Crippen LogP contribution in [-0.2, 0) is 18.3 Å². The van der Waals surface area contributed by atoms with E-state index in [0.29, 0.717) is 28.3 Å². The van der Waals surface area contributed by atoms with Crippen LogP contribution < -0.4 is 11.1 Å². The molecular formula is C20H20ClFN4OS. The summed E-state index contributed by atoms with van der Waals surface area (Å²) < 4.78 is 14.8. The van der Waals surface area contributed by atoms with Gasteiger partial charge in [0.2, 0.25) is 0 Å². The molecule has 146 valence electrons. The van der Waals surface area contributed by atoms with Gasteiger partial charge in [0.25, 0.3) is 5.91 Å². The van der Waals surface area contributed by atoms with Gasteiger partial charge in [-0.1, -0.05) is 36.0 Å². The van der Waals surface area contributed by atoms with Crippen molar-refractivity contribution in [3.8, 4) is 0 Å². The molecule has 0 fully saturated rings. The van der Waals surface area contributed by atoms with Gasteiger partial charge in [-0.15, -0.1) is 0 Å². The van der Waals surface area contributed by atoms with Gasteiger partial charge in [0.15, 0.2) is 0 Å². The molecule has 1 atom stereocenters. The zero-order valence-corrected chi connectivity index (χ0v) is 16.9. The molecule has 0 saturated carbocycles. The zero-order valence-electron chi connectivity index (χ0n) is 15.3. The number of rotatable bonds is 6. The molecule has 0 bridgehead atoms. The van der Waals surface area contributed by atoms with E-state index in [2.05, 4.69) is 10.4 Å². The Morgan fingerprint density at radius 1 is 1.39 bits per heavy atom. The maximum absolute atomic E-state index is 13.1. The highest BCUT2D eigenvalue weighted by Crippen LogP contribution is 2.32. The number of thiocarbonyl (C=S) groups is 1. The summed E-state index contributed by atoms with van der Waals surface area (Å²) in [5.74, 6) is -0.620. The number of carbonyl (C=O) groups excluding carboxylic acids is 1. The lowest BCUT2D eigenvalue weighted by atomic mass is 9.94. The molecule has 1 heterocycles. The molecule has 8 heteroatoms. The van der Waals surface area contributed by atoms with Crippen molar-refractivity contribution in [2.75, 3.05) is 6.54 Å². The second kappa shape index (κ2) is 8.77. The molecule has 1 aliphatic rings. The van der Waals surface area contributed by atoms with Gasteiger partial charge < -0.3 is 11.1 Å². The van der Waals surface area contributed by atoms with Crippen molar-refractivity contribution in [2.24, 2.45) is 12.8 Å². The zero-order chi connectivity index (χ0) is 20.3. The number of benzene rings is 1. The highest BCUT2D eigenvalue weighted by Gasteiger charge is 2.25. The Hall–Kier alpha value is -2.35. The molecule has 0 radical (unpaired) electrons. The van der Waals surface area contributed by atoms with Crippen LogP contribution in [-0.4, -0.2) is 33.1 Å². The maximum atomic E-state index is 13.1. The first-order chi connectivity index (χ1) is 13.4. The third kappa shape index (κ3) is 4.55. The molecule has 3 rings (SSSR count). The number of nitrogens with two attached hydrogens (primary N) is 1. The Labute approximate surface area is 173 Å². The molecule has 1 aromatic carbocycles. The van der Waals surface area contributed by atoms with Crippen molar-refractivity contribution >= 4 is 40.2 Å². The molecule has 1 aromatic heterocycles. The van der Waals surface area contributed by atoms with Crippen LogP contribution in [0.2, 0.25) is 0 Å². The van der Waals surface area contributed by atoms with Gasteiger partial charge in [-0.25, -0.2) is 4.39 Å². The van der Waals surface area contributed by atoms with E-state index < -0.39 is 0 Å². The Balaban J connectivity index is 1.75. The summed E-state index contributed by atoms with van der Waals surface area (Å²) >= 11 is 11.9. The number of halogens is 2. The Morgan fingerprint density at radius 3 is 2.71 bits per heavy atom. The number of nitrogens with one attached hydrogen (secondary N) is 1. The predicted molar refractivity (Wildman–Crippen MR) is 112 cm³/mol. The molecule has 28 heavy (non-hydrogen) atoms. The fourth-order valence-corrected chi connectivity index (χ4v) is 3.64. The number of nitrogens with zero attached hydrogens (tertiary/aromatic N) is 2. The third-order valence-electron chi connectivity index (χ3n) is 4.59. The molecule has 1 aliphatic carbocycles. The number of carbonyl (C=O) groups is 1. The number of amides is 1. The minimum Gasteiger partial charge on any atom is -0.348 e. The average molecular weight is 419 g/mol. The van der Waals surface area contributed by atoms with E-state index in [1.54, 1.807) is 29.1 Å². The summed E-state index contributed by atoms with van der Waals surface area (Å²) in [5.41, 5.74) is 8.75. The minimum absolute atomic E-state index is 0.243. The van der Waals surface area contributed by atoms with Gasteiger partial charge in [-0.05, 0) is 36.3 Å². The number of hydrogen-bond acceptors (Lipinski definition) is 4. The second-order valence-corrected chi connectivity index (χ2v) is 7.46. The fourth-order valence-electron chi connectivity index (χ4n) is 3.07. The molecule has 0 unspecified atom stereocenters. The van der Waals surface area contributed by atoms with E-state index in [4.69, 9.17) is 29.6 Å². The fraction of sp³-hybridized carbons (Fsp3) is 0.250. The number of aromatic nitrogens is 2. The topological polar surface area (TPSA) is 72.9 Å². The van der Waals surface area contributed by atoms with E-state index in [1.165, 1.54) is 12.1 Å². The average Bonchev–Trinajstić information content (AvgIpc) is 3.10. The first-order valence-corrected chi connectivity index (χ1v) is 9.55. The largest absolute Gasteiger partial charge is 0.348 e. The highest BCUT2D eigenvalue weighted by molar-refractivity contribution is 7.81. The van der Waals surface area contributed by atoms with Crippen LogP contribution in [0.15, 0.2) is 53.2 Å². The van der Waals surface area contributed by atoms with Crippen LogP contribution >= 0.6 is 23.8 Å². The van der Waals surface area contributed by atoms with Crippen molar-refractivity contribution in [2.45, 2.75) is 18.9 Å². The quantitative estimate of drug-likeness (QED) is 0.707. The predicted octanol–water partition coefficient (Wildman–Crippen LogP) is 2.90. The van der Waals surface area contributed by atoms with E-state index in [9.17, 15) is 9.18 Å². The van der Waals surface area contributed by atoms with E-state index in [-0.39, 0.29) is 24.3 Å². The van der Waals surface area contributed by atoms with Gasteiger partial charge in [-0.3, -0.25) is 9.48 Å². The molecule has 0 spiro atoms. The molecular weight excluding hydrogens is 399 g/mol. The summed E-state index contributed by atoms with van der Waals surface area (Å²) in [5, 5.41) is 7.51. The molecule has 5 nitrogen and oxygen atoms in total. The molecule has 3 N–H and O–H groups in total. The smallest absolute Gasteiger partial charge is 0.252 e.